The van der Waals surface area contributed by atoms with Gasteiger partial charge >= 0.3 is 0 Å². The third-order valence-corrected chi connectivity index (χ3v) is 8.29. The highest BCUT2D eigenvalue weighted by Gasteiger charge is 2.59. The Morgan fingerprint density at radius 2 is 1.59 bits per heavy atom. The molecule has 1 heterocycles. The molecule has 3 aliphatic rings. The number of amides is 2. The van der Waals surface area contributed by atoms with Crippen LogP contribution in [0.25, 0.3) is 10.9 Å². The van der Waals surface area contributed by atoms with Gasteiger partial charge in [0.1, 0.15) is 16.9 Å². The fourth-order valence-electron chi connectivity index (χ4n) is 5.93. The maximum absolute atomic E-state index is 13.1. The van der Waals surface area contributed by atoms with Crippen molar-refractivity contribution in [3.8, 4) is 23.0 Å². The highest BCUT2D eigenvalue weighted by atomic mass is 16.5. The number of fused-ring (bicyclic) bond motifs is 3. The number of hydrogen-bond acceptors (Lipinski definition) is 6. The zero-order valence-corrected chi connectivity index (χ0v) is 21.1. The molecule has 0 spiro atoms. The van der Waals surface area contributed by atoms with Gasteiger partial charge in [0.2, 0.25) is 11.8 Å². The summed E-state index contributed by atoms with van der Waals surface area (Å²) >= 11 is 0. The Bertz CT molecular complexity index is 1360. The van der Waals surface area contributed by atoms with Crippen LogP contribution < -0.4 is 24.8 Å². The average molecular weight is 502 g/mol. The van der Waals surface area contributed by atoms with Crippen molar-refractivity contribution in [2.75, 3.05) is 19.5 Å². The molecule has 0 aliphatic heterocycles. The van der Waals surface area contributed by atoms with E-state index in [-0.39, 0.29) is 17.4 Å². The van der Waals surface area contributed by atoms with Crippen molar-refractivity contribution in [3.63, 3.8) is 0 Å². The molecule has 2 aromatic carbocycles. The molecule has 192 valence electrons. The van der Waals surface area contributed by atoms with E-state index in [1.807, 2.05) is 6.07 Å². The summed E-state index contributed by atoms with van der Waals surface area (Å²) in [7, 11) is 3.17. The molecule has 0 radical (unpaired) electrons. The van der Waals surface area contributed by atoms with Crippen molar-refractivity contribution in [2.24, 2.45) is 11.3 Å². The molecule has 3 aromatic rings. The minimum absolute atomic E-state index is 0.0805. The Morgan fingerprint density at radius 3 is 2.22 bits per heavy atom. The van der Waals surface area contributed by atoms with Crippen molar-refractivity contribution < 1.29 is 23.8 Å². The maximum Gasteiger partial charge on any atom is 0.240 e. The molecule has 0 unspecified atom stereocenters. The van der Waals surface area contributed by atoms with Crippen LogP contribution in [-0.2, 0) is 9.59 Å². The van der Waals surface area contributed by atoms with Gasteiger partial charge in [-0.1, -0.05) is 0 Å². The minimum atomic E-state index is -0.944. The molecule has 0 atom stereocenters. The van der Waals surface area contributed by atoms with Gasteiger partial charge in [0.15, 0.2) is 11.5 Å². The summed E-state index contributed by atoms with van der Waals surface area (Å²) in [5.41, 5.74) is 0.323. The normalized spacial score (nSPS) is 22.9. The SMILES string of the molecule is COc1cc2nccc(Oc3ccc(NC(=O)C4(C(=O)NC56CCC(CC5)C6)CC4)cc3)c2cc1OC. The lowest BCUT2D eigenvalue weighted by Crippen LogP contribution is -2.50. The fourth-order valence-corrected chi connectivity index (χ4v) is 5.93. The van der Waals surface area contributed by atoms with Crippen LogP contribution in [0, 0.1) is 11.3 Å². The van der Waals surface area contributed by atoms with Crippen molar-refractivity contribution in [2.45, 2.75) is 50.5 Å². The zero-order valence-electron chi connectivity index (χ0n) is 21.1. The highest BCUT2D eigenvalue weighted by Crippen LogP contribution is 2.51. The number of anilines is 1. The Balaban J connectivity index is 1.13. The van der Waals surface area contributed by atoms with Crippen LogP contribution in [0.5, 0.6) is 23.0 Å². The molecule has 2 bridgehead atoms. The van der Waals surface area contributed by atoms with Gasteiger partial charge in [0.25, 0.3) is 0 Å². The number of nitrogens with zero attached hydrogens (tertiary/aromatic N) is 1. The van der Waals surface area contributed by atoms with E-state index in [1.165, 1.54) is 12.8 Å². The first-order valence-corrected chi connectivity index (χ1v) is 12.9. The number of carbonyl (C=O) groups excluding carboxylic acids is 2. The molecule has 1 aromatic heterocycles. The minimum Gasteiger partial charge on any atom is -0.493 e. The molecule has 2 amide bonds. The van der Waals surface area contributed by atoms with Crippen LogP contribution in [0.2, 0.25) is 0 Å². The molecule has 0 saturated heterocycles. The van der Waals surface area contributed by atoms with Crippen molar-refractivity contribution in [1.82, 2.24) is 10.3 Å². The predicted octanol–water partition coefficient (Wildman–Crippen LogP) is 5.21. The van der Waals surface area contributed by atoms with Crippen molar-refractivity contribution in [1.29, 1.82) is 0 Å². The number of carbonyl (C=O) groups is 2. The average Bonchev–Trinajstić information content (AvgIpc) is 3.52. The van der Waals surface area contributed by atoms with Crippen LogP contribution in [0.1, 0.15) is 44.9 Å². The Labute approximate surface area is 215 Å². The third-order valence-electron chi connectivity index (χ3n) is 8.29. The largest absolute Gasteiger partial charge is 0.493 e. The maximum atomic E-state index is 13.1. The smallest absolute Gasteiger partial charge is 0.240 e. The molecule has 8 heteroatoms. The quantitative estimate of drug-likeness (QED) is 0.411. The summed E-state index contributed by atoms with van der Waals surface area (Å²) in [6.07, 6.45) is 8.37. The Hall–Kier alpha value is -3.81. The van der Waals surface area contributed by atoms with Crippen LogP contribution in [-0.4, -0.2) is 36.6 Å². The lowest BCUT2D eigenvalue weighted by atomic mass is 9.92. The third kappa shape index (κ3) is 4.24. The first-order valence-electron chi connectivity index (χ1n) is 12.9. The molecule has 37 heavy (non-hydrogen) atoms. The van der Waals surface area contributed by atoms with E-state index in [4.69, 9.17) is 14.2 Å². The summed E-state index contributed by atoms with van der Waals surface area (Å²) < 4.78 is 16.9. The number of methoxy groups -OCH3 is 2. The summed E-state index contributed by atoms with van der Waals surface area (Å²) in [5, 5.41) is 7.01. The lowest BCUT2D eigenvalue weighted by Gasteiger charge is -2.30. The topological polar surface area (TPSA) is 98.8 Å². The Kier molecular flexibility index (Phi) is 5.70. The van der Waals surface area contributed by atoms with Crippen molar-refractivity contribution in [3.05, 3.63) is 48.7 Å². The highest BCUT2D eigenvalue weighted by molar-refractivity contribution is 6.13. The first kappa shape index (κ1) is 23.6. The second kappa shape index (κ2) is 8.94. The standard InChI is InChI=1S/C29H31N3O5/c1-35-24-15-21-22(16-25(24)36-2)30-14-9-23(21)37-20-5-3-19(4-6-20)31-26(33)29(12-13-29)27(34)32-28-10-7-18(17-28)8-11-28/h3-6,9,14-16,18H,7-8,10-13,17H2,1-2H3,(H,31,33)(H,32,34). The summed E-state index contributed by atoms with van der Waals surface area (Å²) in [6.45, 7) is 0. The van der Waals surface area contributed by atoms with Crippen LogP contribution >= 0.6 is 0 Å². The predicted molar refractivity (Wildman–Crippen MR) is 139 cm³/mol. The van der Waals surface area contributed by atoms with Crippen LogP contribution in [0.15, 0.2) is 48.7 Å². The number of pyridine rings is 1. The van der Waals surface area contributed by atoms with E-state index < -0.39 is 5.41 Å². The molecule has 3 fully saturated rings. The van der Waals surface area contributed by atoms with E-state index in [2.05, 4.69) is 15.6 Å². The summed E-state index contributed by atoms with van der Waals surface area (Å²) in [6, 6.07) is 12.6. The van der Waals surface area contributed by atoms with Gasteiger partial charge in [-0.05, 0) is 87.3 Å². The van der Waals surface area contributed by atoms with Gasteiger partial charge in [-0.25, -0.2) is 0 Å². The number of nitrogens with one attached hydrogen (secondary N) is 2. The second-order valence-corrected chi connectivity index (χ2v) is 10.6. The van der Waals surface area contributed by atoms with E-state index in [9.17, 15) is 9.59 Å². The lowest BCUT2D eigenvalue weighted by molar-refractivity contribution is -0.135. The molecule has 2 N–H and O–H groups in total. The van der Waals surface area contributed by atoms with Gasteiger partial charge in [0, 0.05) is 28.9 Å². The number of rotatable bonds is 8. The molecule has 3 aliphatic carbocycles. The number of aromatic nitrogens is 1. The second-order valence-electron chi connectivity index (χ2n) is 10.6. The van der Waals surface area contributed by atoms with E-state index >= 15 is 0 Å². The van der Waals surface area contributed by atoms with E-state index in [0.29, 0.717) is 41.5 Å². The number of benzene rings is 2. The van der Waals surface area contributed by atoms with Gasteiger partial charge in [0.05, 0.1) is 19.7 Å². The van der Waals surface area contributed by atoms with Gasteiger partial charge in [-0.15, -0.1) is 0 Å². The molecular formula is C29H31N3O5. The van der Waals surface area contributed by atoms with Gasteiger partial charge in [-0.3, -0.25) is 14.6 Å². The molecule has 3 saturated carbocycles. The summed E-state index contributed by atoms with van der Waals surface area (Å²) in [4.78, 5) is 30.7. The summed E-state index contributed by atoms with van der Waals surface area (Å²) in [5.74, 6) is 2.81. The van der Waals surface area contributed by atoms with Crippen LogP contribution in [0.3, 0.4) is 0 Å². The van der Waals surface area contributed by atoms with Crippen molar-refractivity contribution >= 4 is 28.4 Å². The van der Waals surface area contributed by atoms with Gasteiger partial charge < -0.3 is 24.8 Å². The molecular weight excluding hydrogens is 470 g/mol. The first-order chi connectivity index (χ1) is 17.9. The van der Waals surface area contributed by atoms with E-state index in [0.717, 1.165) is 36.1 Å². The molecule has 6 rings (SSSR count). The monoisotopic (exact) mass is 501 g/mol. The fraction of sp³-hybridized carbons (Fsp3) is 0.414. The number of ether oxygens (including phenoxy) is 3. The van der Waals surface area contributed by atoms with Gasteiger partial charge in [-0.2, -0.15) is 0 Å². The van der Waals surface area contributed by atoms with E-state index in [1.54, 1.807) is 56.8 Å². The van der Waals surface area contributed by atoms with Crippen LogP contribution in [0.4, 0.5) is 5.69 Å². The zero-order chi connectivity index (χ0) is 25.6. The molecule has 8 nitrogen and oxygen atoms in total. The Morgan fingerprint density at radius 1 is 0.892 bits per heavy atom. The number of hydrogen-bond donors (Lipinski definition) is 2.